The molecule has 7 nitrogen and oxygen atoms in total. The summed E-state index contributed by atoms with van der Waals surface area (Å²) in [5.41, 5.74) is 1.74. The summed E-state index contributed by atoms with van der Waals surface area (Å²) in [6.07, 6.45) is 1.10. The minimum atomic E-state index is -0.413. The summed E-state index contributed by atoms with van der Waals surface area (Å²) in [5.74, 6) is 1.61. The van der Waals surface area contributed by atoms with Gasteiger partial charge >= 0.3 is 0 Å². The molecule has 26 heavy (non-hydrogen) atoms. The zero-order chi connectivity index (χ0) is 18.7. The van der Waals surface area contributed by atoms with Crippen molar-refractivity contribution in [3.8, 4) is 5.75 Å². The zero-order valence-electron chi connectivity index (χ0n) is 15.4. The second-order valence-corrected chi connectivity index (χ2v) is 6.39. The van der Waals surface area contributed by atoms with E-state index in [9.17, 15) is 4.79 Å². The van der Waals surface area contributed by atoms with Crippen LogP contribution in [0.15, 0.2) is 34.9 Å². The van der Waals surface area contributed by atoms with Crippen molar-refractivity contribution in [3.63, 3.8) is 0 Å². The molecular weight excluding hydrogens is 334 g/mol. The lowest BCUT2D eigenvalue weighted by Gasteiger charge is -2.34. The summed E-state index contributed by atoms with van der Waals surface area (Å²) >= 11 is 0. The molecule has 0 N–H and O–H groups in total. The fourth-order valence-electron chi connectivity index (χ4n) is 3.04. The van der Waals surface area contributed by atoms with E-state index in [0.717, 1.165) is 16.9 Å². The van der Waals surface area contributed by atoms with Gasteiger partial charge in [0.2, 0.25) is 5.91 Å². The third-order valence-corrected chi connectivity index (χ3v) is 4.26. The van der Waals surface area contributed by atoms with Crippen molar-refractivity contribution in [2.45, 2.75) is 33.0 Å². The van der Waals surface area contributed by atoms with Gasteiger partial charge in [-0.3, -0.25) is 4.79 Å². The van der Waals surface area contributed by atoms with Gasteiger partial charge in [0.1, 0.15) is 5.75 Å². The maximum atomic E-state index is 12.8. The molecule has 3 rings (SSSR count). The molecule has 0 spiro atoms. The number of hydrogen-bond acceptors (Lipinski definition) is 6. The molecule has 1 aliphatic rings. The monoisotopic (exact) mass is 357 g/mol. The summed E-state index contributed by atoms with van der Waals surface area (Å²) in [5, 5.41) is 3.80. The van der Waals surface area contributed by atoms with Gasteiger partial charge in [-0.25, -0.2) is 0 Å². The Morgan fingerprint density at radius 2 is 2.12 bits per heavy atom. The highest BCUT2D eigenvalue weighted by Gasteiger charge is 2.32. The number of carbonyl (C=O) groups excluding carboxylic acids is 1. The largest absolute Gasteiger partial charge is 0.496 e. The van der Waals surface area contributed by atoms with Crippen LogP contribution in [-0.4, -0.2) is 47.3 Å². The third kappa shape index (κ3) is 3.94. The van der Waals surface area contributed by atoms with Gasteiger partial charge in [0, 0.05) is 18.2 Å². The Morgan fingerprint density at radius 3 is 2.81 bits per heavy atom. The first-order chi connectivity index (χ1) is 12.5. The van der Waals surface area contributed by atoms with E-state index in [-0.39, 0.29) is 12.0 Å². The second kappa shape index (κ2) is 7.70. The van der Waals surface area contributed by atoms with Gasteiger partial charge in [0.05, 0.1) is 19.8 Å². The first-order valence-electron chi connectivity index (χ1n) is 8.54. The van der Waals surface area contributed by atoms with Crippen LogP contribution in [0.2, 0.25) is 0 Å². The number of allylic oxidation sites excluding steroid dienone is 1. The average Bonchev–Trinajstić information content (AvgIpc) is 3.07. The van der Waals surface area contributed by atoms with E-state index < -0.39 is 6.10 Å². The van der Waals surface area contributed by atoms with Crippen LogP contribution in [0.4, 0.5) is 0 Å². The van der Waals surface area contributed by atoms with E-state index in [1.807, 2.05) is 38.1 Å². The molecule has 1 fully saturated rings. The van der Waals surface area contributed by atoms with Gasteiger partial charge in [-0.1, -0.05) is 23.4 Å². The molecule has 0 aliphatic carbocycles. The smallest absolute Gasteiger partial charge is 0.257 e. The summed E-state index contributed by atoms with van der Waals surface area (Å²) < 4.78 is 16.4. The van der Waals surface area contributed by atoms with Crippen LogP contribution in [0.1, 0.15) is 37.2 Å². The van der Waals surface area contributed by atoms with E-state index in [0.29, 0.717) is 24.8 Å². The quantitative estimate of drug-likeness (QED) is 0.783. The van der Waals surface area contributed by atoms with E-state index in [2.05, 4.69) is 10.1 Å². The third-order valence-electron chi connectivity index (χ3n) is 4.26. The fourth-order valence-corrected chi connectivity index (χ4v) is 3.04. The van der Waals surface area contributed by atoms with Crippen LogP contribution < -0.4 is 4.74 Å². The number of ether oxygens (including phenoxy) is 2. The molecule has 2 aromatic rings. The Morgan fingerprint density at radius 1 is 1.35 bits per heavy atom. The fraction of sp³-hybridized carbons (Fsp3) is 0.421. The summed E-state index contributed by atoms with van der Waals surface area (Å²) in [4.78, 5) is 18.8. The van der Waals surface area contributed by atoms with Gasteiger partial charge in [-0.2, -0.15) is 4.98 Å². The maximum absolute atomic E-state index is 12.8. The molecule has 1 aromatic heterocycles. The number of methoxy groups -OCH3 is 1. The molecule has 0 saturated carbocycles. The number of hydrogen-bond donors (Lipinski definition) is 0. The van der Waals surface area contributed by atoms with Gasteiger partial charge < -0.3 is 18.9 Å². The van der Waals surface area contributed by atoms with Crippen molar-refractivity contribution in [1.82, 2.24) is 15.0 Å². The predicted octanol–water partition coefficient (Wildman–Crippen LogP) is 2.78. The van der Waals surface area contributed by atoms with Crippen LogP contribution >= 0.6 is 0 Å². The average molecular weight is 357 g/mol. The molecule has 0 bridgehead atoms. The van der Waals surface area contributed by atoms with Crippen molar-refractivity contribution < 1.29 is 18.8 Å². The van der Waals surface area contributed by atoms with Gasteiger partial charge in [0.15, 0.2) is 11.9 Å². The number of rotatable bonds is 4. The van der Waals surface area contributed by atoms with Crippen LogP contribution in [0.25, 0.3) is 5.57 Å². The molecule has 1 saturated heterocycles. The van der Waals surface area contributed by atoms with Crippen molar-refractivity contribution in [3.05, 3.63) is 47.6 Å². The lowest BCUT2D eigenvalue weighted by molar-refractivity contribution is -0.141. The van der Waals surface area contributed by atoms with E-state index >= 15 is 0 Å². The maximum Gasteiger partial charge on any atom is 0.257 e. The Hall–Kier alpha value is -2.67. The Balaban J connectivity index is 1.77. The first kappa shape index (κ1) is 18.1. The number of carbonyl (C=O) groups is 1. The number of aryl methyl sites for hydroxylation is 1. The minimum absolute atomic E-state index is 0.0789. The molecule has 1 aliphatic heterocycles. The van der Waals surface area contributed by atoms with E-state index in [4.69, 9.17) is 14.0 Å². The van der Waals surface area contributed by atoms with E-state index in [1.165, 1.54) is 0 Å². The first-order valence-corrected chi connectivity index (χ1v) is 8.54. The van der Waals surface area contributed by atoms with Gasteiger partial charge in [0.25, 0.3) is 5.89 Å². The molecule has 2 heterocycles. The van der Waals surface area contributed by atoms with E-state index in [1.54, 1.807) is 25.0 Å². The second-order valence-electron chi connectivity index (χ2n) is 6.39. The topological polar surface area (TPSA) is 77.7 Å². The zero-order valence-corrected chi connectivity index (χ0v) is 15.4. The van der Waals surface area contributed by atoms with Crippen molar-refractivity contribution in [2.24, 2.45) is 0 Å². The molecular formula is C19H23N3O4. The molecule has 138 valence electrons. The SMILES string of the molecule is COc1ccccc1/C(C)=C/C(=O)N1C[C@@H](C)O[C@@H](c2nc(C)no2)C1. The van der Waals surface area contributed by atoms with Crippen molar-refractivity contribution in [1.29, 1.82) is 0 Å². The summed E-state index contributed by atoms with van der Waals surface area (Å²) in [7, 11) is 1.62. The molecule has 0 radical (unpaired) electrons. The molecule has 1 amide bonds. The Bertz CT molecular complexity index is 815. The highest BCUT2D eigenvalue weighted by molar-refractivity contribution is 5.95. The van der Waals surface area contributed by atoms with Gasteiger partial charge in [-0.05, 0) is 32.4 Å². The highest BCUT2D eigenvalue weighted by Crippen LogP contribution is 2.27. The van der Waals surface area contributed by atoms with Crippen molar-refractivity contribution >= 4 is 11.5 Å². The Labute approximate surface area is 152 Å². The normalized spacial score (nSPS) is 20.9. The predicted molar refractivity (Wildman–Crippen MR) is 95.5 cm³/mol. The van der Waals surface area contributed by atoms with Crippen LogP contribution in [-0.2, 0) is 9.53 Å². The number of amides is 1. The highest BCUT2D eigenvalue weighted by atomic mass is 16.5. The van der Waals surface area contributed by atoms with Crippen LogP contribution in [0.5, 0.6) is 5.75 Å². The van der Waals surface area contributed by atoms with Crippen LogP contribution in [0.3, 0.4) is 0 Å². The molecule has 2 atom stereocenters. The number of para-hydroxylation sites is 1. The summed E-state index contributed by atoms with van der Waals surface area (Å²) in [6.45, 7) is 6.46. The van der Waals surface area contributed by atoms with Gasteiger partial charge in [-0.15, -0.1) is 0 Å². The standard InChI is InChI=1S/C19H23N3O4/c1-12(15-7-5-6-8-16(15)24-4)9-18(23)22-10-13(2)25-17(11-22)19-20-14(3)21-26-19/h5-9,13,17H,10-11H2,1-4H3/b12-9+/t13-,17-/m1/s1. The molecule has 0 unspecified atom stereocenters. The lowest BCUT2D eigenvalue weighted by atomic mass is 10.1. The minimum Gasteiger partial charge on any atom is -0.496 e. The number of benzene rings is 1. The number of nitrogens with zero attached hydrogens (tertiary/aromatic N) is 3. The van der Waals surface area contributed by atoms with Crippen LogP contribution in [0, 0.1) is 6.92 Å². The Kier molecular flexibility index (Phi) is 5.37. The molecule has 7 heteroatoms. The lowest BCUT2D eigenvalue weighted by Crippen LogP contribution is -2.45. The molecule has 1 aromatic carbocycles. The number of aromatic nitrogens is 2. The number of morpholine rings is 1. The summed E-state index contributed by atoms with van der Waals surface area (Å²) in [6, 6.07) is 7.63. The van der Waals surface area contributed by atoms with Crippen molar-refractivity contribution in [2.75, 3.05) is 20.2 Å².